The van der Waals surface area contributed by atoms with Crippen LogP contribution in [0.5, 0.6) is 0 Å². The number of carbonyl (C=O) groups is 1. The number of hydrogen-bond acceptors (Lipinski definition) is 3. The number of nitrogens with zero attached hydrogens (tertiary/aromatic N) is 2. The second-order valence-corrected chi connectivity index (χ2v) is 5.53. The van der Waals surface area contributed by atoms with Crippen LogP contribution < -0.4 is 5.32 Å². The van der Waals surface area contributed by atoms with Gasteiger partial charge in [-0.2, -0.15) is 0 Å². The lowest BCUT2D eigenvalue weighted by Gasteiger charge is -2.41. The van der Waals surface area contributed by atoms with Gasteiger partial charge in [-0.3, -0.25) is 9.69 Å². The van der Waals surface area contributed by atoms with Crippen LogP contribution in [0.3, 0.4) is 0 Å². The minimum atomic E-state index is 0.372. The lowest BCUT2D eigenvalue weighted by molar-refractivity contribution is -0.133. The van der Waals surface area contributed by atoms with Crippen molar-refractivity contribution in [2.24, 2.45) is 0 Å². The van der Waals surface area contributed by atoms with Crippen molar-refractivity contribution in [1.29, 1.82) is 0 Å². The molecular weight excluding hydrogens is 226 g/mol. The van der Waals surface area contributed by atoms with Gasteiger partial charge in [0, 0.05) is 51.7 Å². The highest BCUT2D eigenvalue weighted by atomic mass is 16.2. The van der Waals surface area contributed by atoms with Crippen molar-refractivity contribution in [3.63, 3.8) is 0 Å². The predicted molar refractivity (Wildman–Crippen MR) is 73.6 cm³/mol. The normalized spacial score (nSPS) is 26.3. The smallest absolute Gasteiger partial charge is 0.222 e. The molecule has 2 aliphatic heterocycles. The van der Waals surface area contributed by atoms with Gasteiger partial charge >= 0.3 is 0 Å². The Balaban J connectivity index is 1.81. The maximum absolute atomic E-state index is 12.1. The van der Waals surface area contributed by atoms with Crippen molar-refractivity contribution in [2.75, 3.05) is 39.3 Å². The molecule has 0 aromatic carbocycles. The summed E-state index contributed by atoms with van der Waals surface area (Å²) in [6, 6.07) is 0.603. The predicted octanol–water partition coefficient (Wildman–Crippen LogP) is 1.07. The van der Waals surface area contributed by atoms with E-state index in [1.165, 1.54) is 12.8 Å². The van der Waals surface area contributed by atoms with Crippen LogP contribution in [0.25, 0.3) is 0 Å². The minimum absolute atomic E-state index is 0.372. The van der Waals surface area contributed by atoms with Gasteiger partial charge in [-0.25, -0.2) is 0 Å². The molecule has 2 fully saturated rings. The lowest BCUT2D eigenvalue weighted by atomic mass is 10.0. The molecule has 1 amide bonds. The summed E-state index contributed by atoms with van der Waals surface area (Å²) in [6.45, 7) is 8.56. The fourth-order valence-electron chi connectivity index (χ4n) is 3.01. The first kappa shape index (κ1) is 13.8. The summed E-state index contributed by atoms with van der Waals surface area (Å²) in [4.78, 5) is 16.7. The molecule has 0 aliphatic carbocycles. The highest BCUT2D eigenvalue weighted by Crippen LogP contribution is 2.17. The molecule has 2 heterocycles. The van der Waals surface area contributed by atoms with Crippen molar-refractivity contribution in [3.05, 3.63) is 0 Å². The summed E-state index contributed by atoms with van der Waals surface area (Å²) in [5.41, 5.74) is 0. The highest BCUT2D eigenvalue weighted by Gasteiger charge is 2.27. The van der Waals surface area contributed by atoms with Gasteiger partial charge in [0.25, 0.3) is 0 Å². The number of hydrogen-bond donors (Lipinski definition) is 1. The van der Waals surface area contributed by atoms with Crippen molar-refractivity contribution < 1.29 is 4.79 Å². The van der Waals surface area contributed by atoms with Gasteiger partial charge in [-0.15, -0.1) is 0 Å². The largest absolute Gasteiger partial charge is 0.341 e. The zero-order valence-electron chi connectivity index (χ0n) is 11.7. The van der Waals surface area contributed by atoms with E-state index in [0.717, 1.165) is 58.5 Å². The van der Waals surface area contributed by atoms with E-state index in [1.54, 1.807) is 0 Å². The fraction of sp³-hybridized carbons (Fsp3) is 0.929. The summed E-state index contributed by atoms with van der Waals surface area (Å²) in [6.07, 6.45) is 5.32. The first-order chi connectivity index (χ1) is 8.81. The summed E-state index contributed by atoms with van der Waals surface area (Å²) < 4.78 is 0. The van der Waals surface area contributed by atoms with E-state index < -0.39 is 0 Å². The lowest BCUT2D eigenvalue weighted by Crippen LogP contribution is -2.54. The van der Waals surface area contributed by atoms with Crippen LogP contribution in [0.1, 0.15) is 39.0 Å². The minimum Gasteiger partial charge on any atom is -0.341 e. The number of rotatable bonds is 4. The van der Waals surface area contributed by atoms with Gasteiger partial charge in [0.05, 0.1) is 0 Å². The first-order valence-corrected chi connectivity index (χ1v) is 7.54. The molecular formula is C14H27N3O. The van der Waals surface area contributed by atoms with E-state index in [2.05, 4.69) is 22.0 Å². The number of carbonyl (C=O) groups excluding carboxylic acids is 1. The number of nitrogens with one attached hydrogen (secondary N) is 1. The molecule has 2 rings (SSSR count). The second kappa shape index (κ2) is 7.10. The van der Waals surface area contributed by atoms with Crippen LogP contribution in [0.15, 0.2) is 0 Å². The third-order valence-corrected chi connectivity index (χ3v) is 4.16. The molecule has 104 valence electrons. The molecule has 4 nitrogen and oxygen atoms in total. The van der Waals surface area contributed by atoms with Crippen LogP contribution in [0.2, 0.25) is 0 Å². The Bertz CT molecular complexity index is 264. The quantitative estimate of drug-likeness (QED) is 0.814. The Morgan fingerprint density at radius 2 is 2.06 bits per heavy atom. The average molecular weight is 253 g/mol. The van der Waals surface area contributed by atoms with E-state index in [4.69, 9.17) is 0 Å². The van der Waals surface area contributed by atoms with Gasteiger partial charge in [0.15, 0.2) is 0 Å². The van der Waals surface area contributed by atoms with Gasteiger partial charge in [-0.05, 0) is 19.3 Å². The number of likely N-dealkylation sites (tertiary alicyclic amines) is 1. The Labute approximate surface area is 111 Å². The molecule has 0 radical (unpaired) electrons. The average Bonchev–Trinajstić information content (AvgIpc) is 2.46. The van der Waals surface area contributed by atoms with Crippen molar-refractivity contribution >= 4 is 5.91 Å². The molecule has 0 aromatic heterocycles. The van der Waals surface area contributed by atoms with Crippen LogP contribution >= 0.6 is 0 Å². The summed E-state index contributed by atoms with van der Waals surface area (Å²) >= 11 is 0. The summed E-state index contributed by atoms with van der Waals surface area (Å²) in [7, 11) is 0. The topological polar surface area (TPSA) is 35.6 Å². The van der Waals surface area contributed by atoms with E-state index in [-0.39, 0.29) is 0 Å². The number of unbranched alkanes of at least 4 members (excludes halogenated alkanes) is 1. The van der Waals surface area contributed by atoms with E-state index in [1.807, 2.05) is 0 Å². The molecule has 0 saturated carbocycles. The molecule has 0 spiro atoms. The second-order valence-electron chi connectivity index (χ2n) is 5.53. The van der Waals surface area contributed by atoms with E-state index in [0.29, 0.717) is 11.9 Å². The number of amides is 1. The van der Waals surface area contributed by atoms with Crippen molar-refractivity contribution in [1.82, 2.24) is 15.1 Å². The Hall–Kier alpha value is -0.610. The molecule has 1 atom stereocenters. The summed E-state index contributed by atoms with van der Waals surface area (Å²) in [5.74, 6) is 0.372. The maximum Gasteiger partial charge on any atom is 0.222 e. The molecule has 4 heteroatoms. The van der Waals surface area contributed by atoms with Crippen molar-refractivity contribution in [2.45, 2.75) is 45.1 Å². The third-order valence-electron chi connectivity index (χ3n) is 4.16. The SMILES string of the molecule is CCCCC(=O)N1CCCC(N2CCNCC2)C1. The van der Waals surface area contributed by atoms with Crippen LogP contribution in [0.4, 0.5) is 0 Å². The Morgan fingerprint density at radius 3 is 2.78 bits per heavy atom. The molecule has 0 bridgehead atoms. The zero-order chi connectivity index (χ0) is 12.8. The monoisotopic (exact) mass is 253 g/mol. The summed E-state index contributed by atoms with van der Waals surface area (Å²) in [5, 5.41) is 3.39. The molecule has 1 N–H and O–H groups in total. The first-order valence-electron chi connectivity index (χ1n) is 7.54. The molecule has 2 aliphatic rings. The molecule has 18 heavy (non-hydrogen) atoms. The molecule has 2 saturated heterocycles. The van der Waals surface area contributed by atoms with E-state index >= 15 is 0 Å². The number of piperidine rings is 1. The standard InChI is InChI=1S/C14H27N3O/c1-2-3-6-14(18)17-9-4-5-13(12-17)16-10-7-15-8-11-16/h13,15H,2-12H2,1H3. The van der Waals surface area contributed by atoms with Gasteiger partial charge in [0.2, 0.25) is 5.91 Å². The van der Waals surface area contributed by atoms with Gasteiger partial charge in [0.1, 0.15) is 0 Å². The van der Waals surface area contributed by atoms with Gasteiger partial charge < -0.3 is 10.2 Å². The van der Waals surface area contributed by atoms with E-state index in [9.17, 15) is 4.79 Å². The Kier molecular flexibility index (Phi) is 5.45. The fourth-order valence-corrected chi connectivity index (χ4v) is 3.01. The maximum atomic E-state index is 12.1. The Morgan fingerprint density at radius 1 is 1.28 bits per heavy atom. The van der Waals surface area contributed by atoms with Crippen LogP contribution in [-0.4, -0.2) is 61.0 Å². The van der Waals surface area contributed by atoms with Gasteiger partial charge in [-0.1, -0.05) is 13.3 Å². The van der Waals surface area contributed by atoms with Crippen molar-refractivity contribution in [3.8, 4) is 0 Å². The van der Waals surface area contributed by atoms with Crippen LogP contribution in [0, 0.1) is 0 Å². The molecule has 0 aromatic rings. The third kappa shape index (κ3) is 3.69. The molecule has 1 unspecified atom stereocenters. The van der Waals surface area contributed by atoms with Crippen LogP contribution in [-0.2, 0) is 4.79 Å². The number of piperazine rings is 1. The highest BCUT2D eigenvalue weighted by molar-refractivity contribution is 5.76. The zero-order valence-corrected chi connectivity index (χ0v) is 11.7.